The monoisotopic (exact) mass is 291 g/mol. The fourth-order valence-electron chi connectivity index (χ4n) is 3.43. The first-order valence-corrected chi connectivity index (χ1v) is 8.17. The van der Waals surface area contributed by atoms with E-state index in [9.17, 15) is 0 Å². The van der Waals surface area contributed by atoms with E-state index in [1.165, 1.54) is 31.2 Å². The van der Waals surface area contributed by atoms with Crippen LogP contribution >= 0.6 is 0 Å². The van der Waals surface area contributed by atoms with Gasteiger partial charge in [0.25, 0.3) is 0 Å². The quantitative estimate of drug-likeness (QED) is 0.811. The summed E-state index contributed by atoms with van der Waals surface area (Å²) >= 11 is 0. The number of ether oxygens (including phenoxy) is 2. The second kappa shape index (κ2) is 7.69. The predicted octanol–water partition coefficient (Wildman–Crippen LogP) is 4.32. The average Bonchev–Trinajstić information content (AvgIpc) is 3.06. The van der Waals surface area contributed by atoms with Crippen molar-refractivity contribution in [1.82, 2.24) is 5.32 Å². The van der Waals surface area contributed by atoms with E-state index in [4.69, 9.17) is 9.47 Å². The Morgan fingerprint density at radius 3 is 2.38 bits per heavy atom. The van der Waals surface area contributed by atoms with Gasteiger partial charge in [-0.2, -0.15) is 0 Å². The molecule has 1 aromatic carbocycles. The third kappa shape index (κ3) is 3.91. The number of hydrogen-bond donors (Lipinski definition) is 1. The van der Waals surface area contributed by atoms with Crippen LogP contribution in [-0.2, 0) is 0 Å². The minimum atomic E-state index is 0.375. The highest BCUT2D eigenvalue weighted by molar-refractivity contribution is 5.43. The summed E-state index contributed by atoms with van der Waals surface area (Å²) in [5.41, 5.74) is 1.28. The molecule has 3 nitrogen and oxygen atoms in total. The van der Waals surface area contributed by atoms with Crippen molar-refractivity contribution in [2.24, 2.45) is 5.92 Å². The zero-order chi connectivity index (χ0) is 15.2. The third-order valence-corrected chi connectivity index (χ3v) is 4.79. The van der Waals surface area contributed by atoms with Gasteiger partial charge in [-0.05, 0) is 49.8 Å². The smallest absolute Gasteiger partial charge is 0.161 e. The molecule has 0 spiro atoms. The Kier molecular flexibility index (Phi) is 5.92. The summed E-state index contributed by atoms with van der Waals surface area (Å²) in [4.78, 5) is 0. The number of methoxy groups -OCH3 is 2. The van der Waals surface area contributed by atoms with Crippen LogP contribution in [0.25, 0.3) is 0 Å². The van der Waals surface area contributed by atoms with Crippen molar-refractivity contribution in [3.63, 3.8) is 0 Å². The topological polar surface area (TPSA) is 30.5 Å². The van der Waals surface area contributed by atoms with Crippen molar-refractivity contribution in [2.75, 3.05) is 14.2 Å². The zero-order valence-corrected chi connectivity index (χ0v) is 13.8. The SMILES string of the molecule is CCC(N[C@@H](C)C1CCCC1)c1ccc(OC)c(OC)c1. The molecule has 1 aromatic rings. The van der Waals surface area contributed by atoms with Crippen molar-refractivity contribution in [3.8, 4) is 11.5 Å². The summed E-state index contributed by atoms with van der Waals surface area (Å²) in [6, 6.07) is 7.19. The van der Waals surface area contributed by atoms with E-state index in [0.717, 1.165) is 23.8 Å². The summed E-state index contributed by atoms with van der Waals surface area (Å²) in [5, 5.41) is 3.82. The van der Waals surface area contributed by atoms with Crippen LogP contribution < -0.4 is 14.8 Å². The standard InChI is InChI=1S/C18H29NO2/c1-5-16(19-13(2)14-8-6-7-9-14)15-10-11-17(20-3)18(12-15)21-4/h10-14,16,19H,5-9H2,1-4H3/t13-,16?/m0/s1. The van der Waals surface area contributed by atoms with E-state index in [2.05, 4.69) is 31.3 Å². The summed E-state index contributed by atoms with van der Waals surface area (Å²) in [6.07, 6.45) is 6.60. The molecule has 1 unspecified atom stereocenters. The highest BCUT2D eigenvalue weighted by Crippen LogP contribution is 2.33. The van der Waals surface area contributed by atoms with E-state index < -0.39 is 0 Å². The van der Waals surface area contributed by atoms with Gasteiger partial charge in [0.2, 0.25) is 0 Å². The lowest BCUT2D eigenvalue weighted by Crippen LogP contribution is -2.35. The van der Waals surface area contributed by atoms with Crippen molar-refractivity contribution in [2.45, 2.75) is 58.0 Å². The van der Waals surface area contributed by atoms with E-state index in [0.29, 0.717) is 12.1 Å². The van der Waals surface area contributed by atoms with E-state index in [1.54, 1.807) is 14.2 Å². The van der Waals surface area contributed by atoms with E-state index in [1.807, 2.05) is 6.07 Å². The molecule has 1 fully saturated rings. The summed E-state index contributed by atoms with van der Waals surface area (Å²) < 4.78 is 10.7. The van der Waals surface area contributed by atoms with Gasteiger partial charge in [-0.15, -0.1) is 0 Å². The van der Waals surface area contributed by atoms with Gasteiger partial charge >= 0.3 is 0 Å². The predicted molar refractivity (Wildman–Crippen MR) is 87.1 cm³/mol. The van der Waals surface area contributed by atoms with Crippen LogP contribution in [0.15, 0.2) is 18.2 Å². The lowest BCUT2D eigenvalue weighted by Gasteiger charge is -2.27. The van der Waals surface area contributed by atoms with Gasteiger partial charge in [0.15, 0.2) is 11.5 Å². The molecule has 0 bridgehead atoms. The summed E-state index contributed by atoms with van der Waals surface area (Å²) in [6.45, 7) is 4.56. The van der Waals surface area contributed by atoms with Gasteiger partial charge in [-0.25, -0.2) is 0 Å². The van der Waals surface area contributed by atoms with Crippen LogP contribution in [0.1, 0.15) is 57.6 Å². The molecule has 0 aliphatic heterocycles. The second-order valence-electron chi connectivity index (χ2n) is 6.08. The third-order valence-electron chi connectivity index (χ3n) is 4.79. The molecule has 0 radical (unpaired) electrons. The molecule has 1 N–H and O–H groups in total. The Morgan fingerprint density at radius 1 is 1.14 bits per heavy atom. The number of benzene rings is 1. The normalized spacial score (nSPS) is 18.5. The van der Waals surface area contributed by atoms with E-state index in [-0.39, 0.29) is 0 Å². The molecule has 0 amide bonds. The largest absolute Gasteiger partial charge is 0.493 e. The van der Waals surface area contributed by atoms with Crippen LogP contribution in [0.3, 0.4) is 0 Å². The van der Waals surface area contributed by atoms with Crippen LogP contribution in [0.4, 0.5) is 0 Å². The average molecular weight is 291 g/mol. The molecule has 2 atom stereocenters. The van der Waals surface area contributed by atoms with Gasteiger partial charge < -0.3 is 14.8 Å². The first-order chi connectivity index (χ1) is 10.2. The Balaban J connectivity index is 2.09. The molecule has 1 aliphatic rings. The highest BCUT2D eigenvalue weighted by Gasteiger charge is 2.24. The van der Waals surface area contributed by atoms with Gasteiger partial charge in [0.1, 0.15) is 0 Å². The summed E-state index contributed by atoms with van der Waals surface area (Å²) in [7, 11) is 3.37. The molecule has 3 heteroatoms. The first kappa shape index (κ1) is 16.2. The molecular formula is C18H29NO2. The van der Waals surface area contributed by atoms with Crippen LogP contribution in [0.5, 0.6) is 11.5 Å². The van der Waals surface area contributed by atoms with Crippen molar-refractivity contribution in [3.05, 3.63) is 23.8 Å². The number of hydrogen-bond acceptors (Lipinski definition) is 3. The molecule has 1 saturated carbocycles. The van der Waals surface area contributed by atoms with E-state index >= 15 is 0 Å². The second-order valence-corrected chi connectivity index (χ2v) is 6.08. The lowest BCUT2D eigenvalue weighted by atomic mass is 9.96. The lowest BCUT2D eigenvalue weighted by molar-refractivity contribution is 0.335. The van der Waals surface area contributed by atoms with Crippen LogP contribution in [-0.4, -0.2) is 20.3 Å². The molecule has 0 heterocycles. The Hall–Kier alpha value is -1.22. The molecule has 118 valence electrons. The van der Waals surface area contributed by atoms with Gasteiger partial charge in [0.05, 0.1) is 14.2 Å². The maximum absolute atomic E-state index is 5.42. The maximum Gasteiger partial charge on any atom is 0.161 e. The molecule has 0 aromatic heterocycles. The van der Waals surface area contributed by atoms with Gasteiger partial charge in [0, 0.05) is 12.1 Å². The Labute approximate surface area is 129 Å². The van der Waals surface area contributed by atoms with Crippen LogP contribution in [0, 0.1) is 5.92 Å². The highest BCUT2D eigenvalue weighted by atomic mass is 16.5. The van der Waals surface area contributed by atoms with Crippen molar-refractivity contribution >= 4 is 0 Å². The van der Waals surface area contributed by atoms with Gasteiger partial charge in [-0.3, -0.25) is 0 Å². The molecule has 1 aliphatic carbocycles. The summed E-state index contributed by atoms with van der Waals surface area (Å²) in [5.74, 6) is 2.43. The molecule has 21 heavy (non-hydrogen) atoms. The maximum atomic E-state index is 5.42. The number of rotatable bonds is 7. The van der Waals surface area contributed by atoms with Crippen molar-refractivity contribution < 1.29 is 9.47 Å². The van der Waals surface area contributed by atoms with Gasteiger partial charge in [-0.1, -0.05) is 25.8 Å². The zero-order valence-electron chi connectivity index (χ0n) is 13.8. The Morgan fingerprint density at radius 2 is 1.81 bits per heavy atom. The first-order valence-electron chi connectivity index (χ1n) is 8.17. The minimum absolute atomic E-state index is 0.375. The fourth-order valence-corrected chi connectivity index (χ4v) is 3.43. The Bertz CT molecular complexity index is 441. The van der Waals surface area contributed by atoms with Crippen LogP contribution in [0.2, 0.25) is 0 Å². The fraction of sp³-hybridized carbons (Fsp3) is 0.667. The molecule has 0 saturated heterocycles. The molecule has 2 rings (SSSR count). The molecular weight excluding hydrogens is 262 g/mol. The van der Waals surface area contributed by atoms with Crippen molar-refractivity contribution in [1.29, 1.82) is 0 Å². The minimum Gasteiger partial charge on any atom is -0.493 e. The number of nitrogens with one attached hydrogen (secondary N) is 1.